The van der Waals surface area contributed by atoms with Crippen LogP contribution in [0.5, 0.6) is 0 Å². The number of ether oxygens (including phenoxy) is 2. The molecular formula is C17H22N2O3. The first kappa shape index (κ1) is 14.0. The Kier molecular flexibility index (Phi) is 3.54. The van der Waals surface area contributed by atoms with Crippen molar-refractivity contribution in [2.24, 2.45) is 0 Å². The molecule has 3 heterocycles. The number of hydrogen-bond donors (Lipinski definition) is 0. The largest absolute Gasteiger partial charge is 0.347 e. The molecule has 118 valence electrons. The van der Waals surface area contributed by atoms with E-state index in [9.17, 15) is 4.79 Å². The van der Waals surface area contributed by atoms with Crippen molar-refractivity contribution in [3.05, 3.63) is 35.4 Å². The van der Waals surface area contributed by atoms with Crippen LogP contribution in [0.3, 0.4) is 0 Å². The first-order chi connectivity index (χ1) is 10.8. The highest BCUT2D eigenvalue weighted by molar-refractivity contribution is 5.75. The lowest BCUT2D eigenvalue weighted by molar-refractivity contribution is -0.181. The third kappa shape index (κ3) is 2.48. The monoisotopic (exact) mass is 302 g/mol. The van der Waals surface area contributed by atoms with Gasteiger partial charge in [-0.05, 0) is 17.5 Å². The van der Waals surface area contributed by atoms with Crippen LogP contribution in [-0.4, -0.2) is 54.5 Å². The number of fused-ring (bicyclic) bond motifs is 1. The Balaban J connectivity index is 1.39. The normalized spacial score (nSPS) is 23.6. The van der Waals surface area contributed by atoms with Gasteiger partial charge in [0.2, 0.25) is 0 Å². The van der Waals surface area contributed by atoms with Crippen molar-refractivity contribution in [2.75, 3.05) is 32.8 Å². The van der Waals surface area contributed by atoms with Crippen molar-refractivity contribution >= 4 is 6.03 Å². The van der Waals surface area contributed by atoms with Crippen LogP contribution in [0, 0.1) is 0 Å². The number of rotatable bonds is 0. The molecule has 0 atom stereocenters. The van der Waals surface area contributed by atoms with Gasteiger partial charge in [-0.25, -0.2) is 4.79 Å². The van der Waals surface area contributed by atoms with Crippen molar-refractivity contribution in [3.63, 3.8) is 0 Å². The summed E-state index contributed by atoms with van der Waals surface area (Å²) in [5.41, 5.74) is 2.65. The number of benzene rings is 1. The van der Waals surface area contributed by atoms with Gasteiger partial charge >= 0.3 is 6.03 Å². The van der Waals surface area contributed by atoms with Crippen LogP contribution in [0.1, 0.15) is 24.0 Å². The topological polar surface area (TPSA) is 42.0 Å². The number of carbonyl (C=O) groups is 1. The van der Waals surface area contributed by atoms with Crippen LogP contribution < -0.4 is 0 Å². The summed E-state index contributed by atoms with van der Waals surface area (Å²) in [6, 6.07) is 8.56. The molecule has 0 N–H and O–H groups in total. The van der Waals surface area contributed by atoms with Gasteiger partial charge in [0.15, 0.2) is 5.79 Å². The summed E-state index contributed by atoms with van der Waals surface area (Å²) in [4.78, 5) is 16.7. The zero-order valence-corrected chi connectivity index (χ0v) is 12.8. The maximum atomic E-state index is 12.7. The maximum Gasteiger partial charge on any atom is 0.320 e. The summed E-state index contributed by atoms with van der Waals surface area (Å²) < 4.78 is 11.5. The number of urea groups is 1. The quantitative estimate of drug-likeness (QED) is 0.736. The van der Waals surface area contributed by atoms with E-state index in [-0.39, 0.29) is 6.03 Å². The van der Waals surface area contributed by atoms with E-state index in [0.717, 1.165) is 45.4 Å². The molecule has 3 aliphatic heterocycles. The van der Waals surface area contributed by atoms with E-state index in [4.69, 9.17) is 9.47 Å². The van der Waals surface area contributed by atoms with Crippen molar-refractivity contribution in [2.45, 2.75) is 31.6 Å². The fourth-order valence-electron chi connectivity index (χ4n) is 3.68. The molecular weight excluding hydrogens is 280 g/mol. The molecule has 0 unspecified atom stereocenters. The summed E-state index contributed by atoms with van der Waals surface area (Å²) in [5.74, 6) is -0.411. The van der Waals surface area contributed by atoms with Gasteiger partial charge in [0.25, 0.3) is 0 Å². The zero-order chi connectivity index (χ0) is 15.0. The van der Waals surface area contributed by atoms with Crippen molar-refractivity contribution < 1.29 is 14.3 Å². The average Bonchev–Trinajstić information content (AvgIpc) is 3.02. The van der Waals surface area contributed by atoms with Gasteiger partial charge in [-0.2, -0.15) is 0 Å². The third-order valence-electron chi connectivity index (χ3n) is 5.01. The van der Waals surface area contributed by atoms with Gasteiger partial charge in [0.1, 0.15) is 0 Å². The molecule has 2 saturated heterocycles. The van der Waals surface area contributed by atoms with Crippen molar-refractivity contribution in [3.8, 4) is 0 Å². The first-order valence-electron chi connectivity index (χ1n) is 8.14. The van der Waals surface area contributed by atoms with E-state index in [2.05, 4.69) is 18.2 Å². The molecule has 3 aliphatic rings. The Bertz CT molecular complexity index is 559. The van der Waals surface area contributed by atoms with Gasteiger partial charge < -0.3 is 19.3 Å². The summed E-state index contributed by atoms with van der Waals surface area (Å²) in [6.45, 7) is 4.33. The zero-order valence-electron chi connectivity index (χ0n) is 12.8. The van der Waals surface area contributed by atoms with Crippen molar-refractivity contribution in [1.29, 1.82) is 0 Å². The number of likely N-dealkylation sites (tertiary alicyclic amines) is 1. The van der Waals surface area contributed by atoms with Crippen LogP contribution in [0.25, 0.3) is 0 Å². The predicted molar refractivity (Wildman–Crippen MR) is 81.4 cm³/mol. The average molecular weight is 302 g/mol. The molecule has 0 aliphatic carbocycles. The second-order valence-electron chi connectivity index (χ2n) is 6.32. The molecule has 0 bridgehead atoms. The standard InChI is InChI=1S/C17H22N2O3/c20-16(18-9-6-17(7-10-18)21-11-12-22-17)19-8-5-14-3-1-2-4-15(14)13-19/h1-4H,5-13H2. The fourth-order valence-corrected chi connectivity index (χ4v) is 3.68. The molecule has 0 radical (unpaired) electrons. The van der Waals surface area contributed by atoms with Crippen LogP contribution in [-0.2, 0) is 22.4 Å². The second-order valence-corrected chi connectivity index (χ2v) is 6.32. The molecule has 1 spiro atoms. The minimum atomic E-state index is -0.411. The number of piperidine rings is 1. The number of hydrogen-bond acceptors (Lipinski definition) is 3. The lowest BCUT2D eigenvalue weighted by atomic mass is 10.00. The molecule has 5 nitrogen and oxygen atoms in total. The molecule has 2 amide bonds. The Labute approximate surface area is 130 Å². The Morgan fingerprint density at radius 2 is 1.64 bits per heavy atom. The third-order valence-corrected chi connectivity index (χ3v) is 5.01. The Morgan fingerprint density at radius 3 is 2.36 bits per heavy atom. The van der Waals surface area contributed by atoms with Crippen LogP contribution in [0.4, 0.5) is 4.79 Å². The highest BCUT2D eigenvalue weighted by Crippen LogP contribution is 2.32. The van der Waals surface area contributed by atoms with Gasteiger partial charge in [0.05, 0.1) is 13.2 Å². The van der Waals surface area contributed by atoms with E-state index in [1.165, 1.54) is 11.1 Å². The van der Waals surface area contributed by atoms with Gasteiger partial charge in [-0.1, -0.05) is 24.3 Å². The summed E-state index contributed by atoms with van der Waals surface area (Å²) in [7, 11) is 0. The van der Waals surface area contributed by atoms with E-state index >= 15 is 0 Å². The second kappa shape index (κ2) is 5.56. The Hall–Kier alpha value is -1.59. The van der Waals surface area contributed by atoms with Gasteiger partial charge in [-0.15, -0.1) is 0 Å². The summed E-state index contributed by atoms with van der Waals surface area (Å²) in [6.07, 6.45) is 2.51. The van der Waals surface area contributed by atoms with Crippen molar-refractivity contribution in [1.82, 2.24) is 9.80 Å². The molecule has 2 fully saturated rings. The molecule has 1 aromatic rings. The minimum absolute atomic E-state index is 0.155. The maximum absolute atomic E-state index is 12.7. The first-order valence-corrected chi connectivity index (χ1v) is 8.14. The molecule has 1 aromatic carbocycles. The SMILES string of the molecule is O=C(N1CCC2(CC1)OCCO2)N1CCc2ccccc2C1. The lowest BCUT2D eigenvalue weighted by Gasteiger charge is -2.40. The smallest absolute Gasteiger partial charge is 0.320 e. The van der Waals surface area contributed by atoms with Crippen LogP contribution >= 0.6 is 0 Å². The lowest BCUT2D eigenvalue weighted by Crippen LogP contribution is -2.52. The number of amides is 2. The van der Waals surface area contributed by atoms with E-state index in [1.807, 2.05) is 15.9 Å². The van der Waals surface area contributed by atoms with E-state index < -0.39 is 5.79 Å². The highest BCUT2D eigenvalue weighted by atomic mass is 16.7. The van der Waals surface area contributed by atoms with Crippen LogP contribution in [0.15, 0.2) is 24.3 Å². The fraction of sp³-hybridized carbons (Fsp3) is 0.588. The minimum Gasteiger partial charge on any atom is -0.347 e. The van der Waals surface area contributed by atoms with E-state index in [0.29, 0.717) is 13.2 Å². The Morgan fingerprint density at radius 1 is 0.955 bits per heavy atom. The molecule has 0 aromatic heterocycles. The van der Waals surface area contributed by atoms with E-state index in [1.54, 1.807) is 0 Å². The number of carbonyl (C=O) groups excluding carboxylic acids is 1. The highest BCUT2D eigenvalue weighted by Gasteiger charge is 2.41. The summed E-state index contributed by atoms with van der Waals surface area (Å²) in [5, 5.41) is 0. The molecule has 4 rings (SSSR count). The van der Waals surface area contributed by atoms with Gasteiger partial charge in [-0.3, -0.25) is 0 Å². The molecule has 5 heteroatoms. The molecule has 0 saturated carbocycles. The van der Waals surface area contributed by atoms with Crippen LogP contribution in [0.2, 0.25) is 0 Å². The van der Waals surface area contributed by atoms with Gasteiger partial charge in [0, 0.05) is 39.0 Å². The number of nitrogens with zero attached hydrogens (tertiary/aromatic N) is 2. The molecule has 22 heavy (non-hydrogen) atoms. The summed E-state index contributed by atoms with van der Waals surface area (Å²) >= 11 is 0. The predicted octanol–water partition coefficient (Wildman–Crippen LogP) is 2.00.